The molecule has 0 bridgehead atoms. The lowest BCUT2D eigenvalue weighted by atomic mass is 10.2. The van der Waals surface area contributed by atoms with Crippen molar-refractivity contribution in [3.05, 3.63) is 18.2 Å². The number of nitrogens with zero attached hydrogens (tertiary/aromatic N) is 2. The maximum Gasteiger partial charge on any atom is 0.140 e. The van der Waals surface area contributed by atoms with Crippen LogP contribution in [0.1, 0.15) is 39.6 Å². The second-order valence-electron chi connectivity index (χ2n) is 4.51. The molecule has 0 aliphatic rings. The van der Waals surface area contributed by atoms with Crippen LogP contribution >= 0.6 is 0 Å². The first-order chi connectivity index (χ1) is 6.94. The fourth-order valence-corrected chi connectivity index (χ4v) is 1.29. The SMILES string of the molecule is CCn1ccnc1C(O)COC(C)(C)C. The Hall–Kier alpha value is -0.870. The molecule has 0 aliphatic carbocycles. The highest BCUT2D eigenvalue weighted by Crippen LogP contribution is 2.15. The summed E-state index contributed by atoms with van der Waals surface area (Å²) in [7, 11) is 0. The smallest absolute Gasteiger partial charge is 0.140 e. The first-order valence-electron chi connectivity index (χ1n) is 5.27. The first kappa shape index (κ1) is 12.2. The Labute approximate surface area is 90.9 Å². The Morgan fingerprint density at radius 2 is 2.20 bits per heavy atom. The molecular formula is C11H20N2O2. The minimum Gasteiger partial charge on any atom is -0.383 e. The number of imidazole rings is 1. The van der Waals surface area contributed by atoms with Crippen molar-refractivity contribution in [1.29, 1.82) is 0 Å². The van der Waals surface area contributed by atoms with Gasteiger partial charge in [0.15, 0.2) is 0 Å². The highest BCUT2D eigenvalue weighted by Gasteiger charge is 2.17. The molecular weight excluding hydrogens is 192 g/mol. The van der Waals surface area contributed by atoms with E-state index in [2.05, 4.69) is 4.98 Å². The summed E-state index contributed by atoms with van der Waals surface area (Å²) in [5.41, 5.74) is -0.232. The molecule has 1 unspecified atom stereocenters. The molecule has 0 fully saturated rings. The van der Waals surface area contributed by atoms with Crippen LogP contribution in [0.2, 0.25) is 0 Å². The van der Waals surface area contributed by atoms with Gasteiger partial charge in [0.2, 0.25) is 0 Å². The van der Waals surface area contributed by atoms with Gasteiger partial charge in [-0.25, -0.2) is 4.98 Å². The topological polar surface area (TPSA) is 47.3 Å². The molecule has 1 heterocycles. The van der Waals surface area contributed by atoms with E-state index in [1.54, 1.807) is 6.20 Å². The van der Waals surface area contributed by atoms with Crippen LogP contribution in [0.3, 0.4) is 0 Å². The lowest BCUT2D eigenvalue weighted by molar-refractivity contribution is -0.0525. The van der Waals surface area contributed by atoms with Crippen LogP contribution in [0.4, 0.5) is 0 Å². The average molecular weight is 212 g/mol. The molecule has 15 heavy (non-hydrogen) atoms. The third kappa shape index (κ3) is 3.64. The normalized spacial score (nSPS) is 14.2. The minimum atomic E-state index is -0.654. The number of aromatic nitrogens is 2. The Kier molecular flexibility index (Phi) is 3.88. The summed E-state index contributed by atoms with van der Waals surface area (Å²) >= 11 is 0. The Balaban J connectivity index is 2.57. The lowest BCUT2D eigenvalue weighted by Crippen LogP contribution is -2.24. The molecule has 1 atom stereocenters. The largest absolute Gasteiger partial charge is 0.383 e. The van der Waals surface area contributed by atoms with E-state index in [4.69, 9.17) is 4.74 Å². The maximum atomic E-state index is 9.88. The maximum absolute atomic E-state index is 9.88. The minimum absolute atomic E-state index is 0.232. The van der Waals surface area contributed by atoms with Crippen LogP contribution in [-0.4, -0.2) is 26.9 Å². The van der Waals surface area contributed by atoms with Gasteiger partial charge in [0, 0.05) is 18.9 Å². The van der Waals surface area contributed by atoms with Crippen LogP contribution in [-0.2, 0) is 11.3 Å². The fraction of sp³-hybridized carbons (Fsp3) is 0.727. The lowest BCUT2D eigenvalue weighted by Gasteiger charge is -2.22. The second-order valence-corrected chi connectivity index (χ2v) is 4.51. The van der Waals surface area contributed by atoms with Gasteiger partial charge in [-0.2, -0.15) is 0 Å². The van der Waals surface area contributed by atoms with Gasteiger partial charge in [-0.3, -0.25) is 0 Å². The molecule has 1 rings (SSSR count). The molecule has 0 radical (unpaired) electrons. The van der Waals surface area contributed by atoms with Gasteiger partial charge in [-0.15, -0.1) is 0 Å². The molecule has 86 valence electrons. The molecule has 4 nitrogen and oxygen atoms in total. The molecule has 4 heteroatoms. The van der Waals surface area contributed by atoms with E-state index in [9.17, 15) is 5.11 Å². The molecule has 0 saturated carbocycles. The summed E-state index contributed by atoms with van der Waals surface area (Å²) < 4.78 is 7.42. The highest BCUT2D eigenvalue weighted by atomic mass is 16.5. The highest BCUT2D eigenvalue weighted by molar-refractivity contribution is 4.96. The summed E-state index contributed by atoms with van der Waals surface area (Å²) in [6.07, 6.45) is 2.90. The zero-order chi connectivity index (χ0) is 11.5. The van der Waals surface area contributed by atoms with E-state index < -0.39 is 6.10 Å². The van der Waals surface area contributed by atoms with Gasteiger partial charge in [0.1, 0.15) is 11.9 Å². The summed E-state index contributed by atoms with van der Waals surface area (Å²) in [5.74, 6) is 0.668. The quantitative estimate of drug-likeness (QED) is 0.827. The monoisotopic (exact) mass is 212 g/mol. The van der Waals surface area contributed by atoms with Crippen molar-refractivity contribution in [2.75, 3.05) is 6.61 Å². The van der Waals surface area contributed by atoms with E-state index >= 15 is 0 Å². The van der Waals surface area contributed by atoms with Crippen LogP contribution in [0.5, 0.6) is 0 Å². The van der Waals surface area contributed by atoms with Crippen molar-refractivity contribution >= 4 is 0 Å². The average Bonchev–Trinajstić information content (AvgIpc) is 2.60. The number of aryl methyl sites for hydroxylation is 1. The van der Waals surface area contributed by atoms with Gasteiger partial charge in [-0.1, -0.05) is 0 Å². The van der Waals surface area contributed by atoms with Gasteiger partial charge in [-0.05, 0) is 27.7 Å². The molecule has 0 aromatic carbocycles. The number of ether oxygens (including phenoxy) is 1. The zero-order valence-electron chi connectivity index (χ0n) is 9.90. The number of hydrogen-bond donors (Lipinski definition) is 1. The third-order valence-electron chi connectivity index (χ3n) is 2.06. The van der Waals surface area contributed by atoms with E-state index in [-0.39, 0.29) is 12.2 Å². The van der Waals surface area contributed by atoms with Crippen molar-refractivity contribution < 1.29 is 9.84 Å². The number of aliphatic hydroxyl groups is 1. The molecule has 1 aromatic heterocycles. The van der Waals surface area contributed by atoms with Crippen molar-refractivity contribution in [2.45, 2.75) is 45.9 Å². The summed E-state index contributed by atoms with van der Waals surface area (Å²) in [5, 5.41) is 9.88. The molecule has 0 amide bonds. The number of rotatable bonds is 4. The Morgan fingerprint density at radius 3 is 2.73 bits per heavy atom. The van der Waals surface area contributed by atoms with Gasteiger partial charge >= 0.3 is 0 Å². The Morgan fingerprint density at radius 1 is 1.53 bits per heavy atom. The van der Waals surface area contributed by atoms with Crippen LogP contribution in [0, 0.1) is 0 Å². The number of aliphatic hydroxyl groups excluding tert-OH is 1. The Bertz CT molecular complexity index is 302. The fourth-order valence-electron chi connectivity index (χ4n) is 1.29. The predicted octanol–water partition coefficient (Wildman–Crippen LogP) is 1.75. The van der Waals surface area contributed by atoms with Crippen molar-refractivity contribution in [1.82, 2.24) is 9.55 Å². The molecule has 1 aromatic rings. The summed E-state index contributed by atoms with van der Waals surface area (Å²) in [6, 6.07) is 0. The van der Waals surface area contributed by atoms with Gasteiger partial charge < -0.3 is 14.4 Å². The van der Waals surface area contributed by atoms with Crippen molar-refractivity contribution in [2.24, 2.45) is 0 Å². The summed E-state index contributed by atoms with van der Waals surface area (Å²) in [4.78, 5) is 4.12. The van der Waals surface area contributed by atoms with Gasteiger partial charge in [0.05, 0.1) is 12.2 Å². The van der Waals surface area contributed by atoms with Crippen LogP contribution in [0.25, 0.3) is 0 Å². The molecule has 1 N–H and O–H groups in total. The van der Waals surface area contributed by atoms with E-state index in [0.29, 0.717) is 5.82 Å². The van der Waals surface area contributed by atoms with Crippen molar-refractivity contribution in [3.63, 3.8) is 0 Å². The molecule has 0 saturated heterocycles. The van der Waals surface area contributed by atoms with Crippen LogP contribution < -0.4 is 0 Å². The molecule has 0 spiro atoms. The summed E-state index contributed by atoms with van der Waals surface area (Å²) in [6.45, 7) is 9.00. The van der Waals surface area contributed by atoms with Gasteiger partial charge in [0.25, 0.3) is 0 Å². The standard InChI is InChI=1S/C11H20N2O2/c1-5-13-7-6-12-10(13)9(14)8-15-11(2,3)4/h6-7,9,14H,5,8H2,1-4H3. The van der Waals surface area contributed by atoms with E-state index in [1.807, 2.05) is 38.5 Å². The molecule has 0 aliphatic heterocycles. The van der Waals surface area contributed by atoms with Crippen molar-refractivity contribution in [3.8, 4) is 0 Å². The number of hydrogen-bond acceptors (Lipinski definition) is 3. The third-order valence-corrected chi connectivity index (χ3v) is 2.06. The van der Waals surface area contributed by atoms with Crippen LogP contribution in [0.15, 0.2) is 12.4 Å². The first-order valence-corrected chi connectivity index (χ1v) is 5.27. The van der Waals surface area contributed by atoms with E-state index in [1.165, 1.54) is 0 Å². The second kappa shape index (κ2) is 4.77. The zero-order valence-corrected chi connectivity index (χ0v) is 9.90. The predicted molar refractivity (Wildman–Crippen MR) is 58.6 cm³/mol. The van der Waals surface area contributed by atoms with E-state index in [0.717, 1.165) is 6.54 Å².